The third-order valence-corrected chi connectivity index (χ3v) is 3.72. The molecule has 1 aromatic rings. The van der Waals surface area contributed by atoms with Crippen molar-refractivity contribution < 1.29 is 9.53 Å². The fraction of sp³-hybridized carbons (Fsp3) is 0.625. The SMILES string of the molecule is Cc1cccc(NC(=O)NC[C@H]2CCO[C@@H]2C(C)(C)C)n1. The number of nitrogens with zero attached hydrogens (tertiary/aromatic N) is 1. The van der Waals surface area contributed by atoms with Gasteiger partial charge in [-0.05, 0) is 30.9 Å². The Morgan fingerprint density at radius 1 is 1.43 bits per heavy atom. The summed E-state index contributed by atoms with van der Waals surface area (Å²) in [5.41, 5.74) is 0.974. The number of rotatable bonds is 3. The second kappa shape index (κ2) is 6.43. The lowest BCUT2D eigenvalue weighted by Crippen LogP contribution is -2.40. The van der Waals surface area contributed by atoms with Crippen LogP contribution in [-0.2, 0) is 4.74 Å². The first kappa shape index (κ1) is 15.8. The summed E-state index contributed by atoms with van der Waals surface area (Å²) in [4.78, 5) is 16.2. The van der Waals surface area contributed by atoms with Crippen LogP contribution in [-0.4, -0.2) is 30.3 Å². The number of aromatic nitrogens is 1. The van der Waals surface area contributed by atoms with E-state index in [2.05, 4.69) is 36.4 Å². The molecular formula is C16H25N3O2. The van der Waals surface area contributed by atoms with Gasteiger partial charge in [-0.3, -0.25) is 5.32 Å². The predicted molar refractivity (Wildman–Crippen MR) is 83.3 cm³/mol. The average Bonchev–Trinajstić information content (AvgIpc) is 2.84. The summed E-state index contributed by atoms with van der Waals surface area (Å²) in [7, 11) is 0. The molecular weight excluding hydrogens is 266 g/mol. The zero-order chi connectivity index (χ0) is 15.5. The fourth-order valence-corrected chi connectivity index (χ4v) is 2.80. The lowest BCUT2D eigenvalue weighted by molar-refractivity contribution is 0.00782. The lowest BCUT2D eigenvalue weighted by Gasteiger charge is -2.31. The molecule has 2 atom stereocenters. The third kappa shape index (κ3) is 4.43. The first-order valence-corrected chi connectivity index (χ1v) is 7.46. The highest BCUT2D eigenvalue weighted by Crippen LogP contribution is 2.34. The van der Waals surface area contributed by atoms with Crippen LogP contribution >= 0.6 is 0 Å². The highest BCUT2D eigenvalue weighted by atomic mass is 16.5. The van der Waals surface area contributed by atoms with Crippen molar-refractivity contribution >= 4 is 11.8 Å². The van der Waals surface area contributed by atoms with E-state index in [-0.39, 0.29) is 17.6 Å². The Morgan fingerprint density at radius 2 is 2.19 bits per heavy atom. The van der Waals surface area contributed by atoms with E-state index in [4.69, 9.17) is 4.74 Å². The van der Waals surface area contributed by atoms with E-state index in [1.807, 2.05) is 19.1 Å². The topological polar surface area (TPSA) is 63.2 Å². The second-order valence-electron chi connectivity index (χ2n) is 6.71. The van der Waals surface area contributed by atoms with Crippen molar-refractivity contribution in [2.24, 2.45) is 11.3 Å². The molecule has 5 heteroatoms. The number of amides is 2. The minimum Gasteiger partial charge on any atom is -0.377 e. The minimum absolute atomic E-state index is 0.0947. The Kier molecular flexibility index (Phi) is 4.83. The number of nitrogens with one attached hydrogen (secondary N) is 2. The van der Waals surface area contributed by atoms with Crippen LogP contribution in [0, 0.1) is 18.3 Å². The summed E-state index contributed by atoms with van der Waals surface area (Å²) >= 11 is 0. The van der Waals surface area contributed by atoms with Crippen LogP contribution in [0.25, 0.3) is 0 Å². The molecule has 1 fully saturated rings. The molecule has 2 rings (SSSR count). The Bertz CT molecular complexity index is 497. The standard InChI is InChI=1S/C16H25N3O2/c1-11-6-5-7-13(18-11)19-15(20)17-10-12-8-9-21-14(12)16(2,3)4/h5-7,12,14H,8-10H2,1-4H3,(H2,17,18,19,20)/t12-,14+/m1/s1. The Morgan fingerprint density at radius 3 is 2.86 bits per heavy atom. The lowest BCUT2D eigenvalue weighted by atomic mass is 9.81. The van der Waals surface area contributed by atoms with Crippen molar-refractivity contribution in [1.29, 1.82) is 0 Å². The largest absolute Gasteiger partial charge is 0.377 e. The molecule has 2 N–H and O–H groups in total. The summed E-state index contributed by atoms with van der Waals surface area (Å²) in [5, 5.41) is 5.68. The maximum atomic E-state index is 11.9. The van der Waals surface area contributed by atoms with Crippen LogP contribution in [0.3, 0.4) is 0 Å². The first-order chi connectivity index (χ1) is 9.86. The number of hydrogen-bond donors (Lipinski definition) is 2. The van der Waals surface area contributed by atoms with Crippen molar-refractivity contribution in [3.05, 3.63) is 23.9 Å². The maximum Gasteiger partial charge on any atom is 0.320 e. The zero-order valence-electron chi connectivity index (χ0n) is 13.3. The van der Waals surface area contributed by atoms with Gasteiger partial charge in [-0.1, -0.05) is 26.8 Å². The van der Waals surface area contributed by atoms with Gasteiger partial charge in [0.05, 0.1) is 6.10 Å². The number of anilines is 1. The summed E-state index contributed by atoms with van der Waals surface area (Å²) in [6, 6.07) is 5.33. The normalized spacial score (nSPS) is 22.1. The van der Waals surface area contributed by atoms with Crippen LogP contribution < -0.4 is 10.6 Å². The molecule has 0 radical (unpaired) electrons. The highest BCUT2D eigenvalue weighted by molar-refractivity contribution is 5.88. The number of pyridine rings is 1. The average molecular weight is 291 g/mol. The molecule has 0 spiro atoms. The monoisotopic (exact) mass is 291 g/mol. The van der Waals surface area contributed by atoms with Gasteiger partial charge in [-0.15, -0.1) is 0 Å². The molecule has 116 valence electrons. The predicted octanol–water partition coefficient (Wildman–Crippen LogP) is 2.96. The molecule has 1 saturated heterocycles. The van der Waals surface area contributed by atoms with Gasteiger partial charge in [0.25, 0.3) is 0 Å². The van der Waals surface area contributed by atoms with Gasteiger partial charge in [-0.2, -0.15) is 0 Å². The maximum absolute atomic E-state index is 11.9. The van der Waals surface area contributed by atoms with E-state index in [9.17, 15) is 4.79 Å². The zero-order valence-corrected chi connectivity index (χ0v) is 13.3. The van der Waals surface area contributed by atoms with E-state index < -0.39 is 0 Å². The molecule has 2 amide bonds. The molecule has 2 heterocycles. The molecule has 1 aliphatic rings. The minimum atomic E-state index is -0.215. The molecule has 0 saturated carbocycles. The van der Waals surface area contributed by atoms with Gasteiger partial charge >= 0.3 is 6.03 Å². The molecule has 21 heavy (non-hydrogen) atoms. The van der Waals surface area contributed by atoms with Gasteiger partial charge < -0.3 is 10.1 Å². The Hall–Kier alpha value is -1.62. The van der Waals surface area contributed by atoms with E-state index in [0.717, 1.165) is 18.7 Å². The van der Waals surface area contributed by atoms with E-state index in [1.165, 1.54) is 0 Å². The van der Waals surface area contributed by atoms with Gasteiger partial charge in [0.1, 0.15) is 5.82 Å². The number of ether oxygens (including phenoxy) is 1. The van der Waals surface area contributed by atoms with Crippen molar-refractivity contribution in [2.75, 3.05) is 18.5 Å². The summed E-state index contributed by atoms with van der Waals surface area (Å²) in [5.74, 6) is 0.934. The smallest absolute Gasteiger partial charge is 0.320 e. The number of carbonyl (C=O) groups is 1. The van der Waals surface area contributed by atoms with Crippen LogP contribution in [0.1, 0.15) is 32.9 Å². The van der Waals surface area contributed by atoms with E-state index in [0.29, 0.717) is 18.3 Å². The quantitative estimate of drug-likeness (QED) is 0.900. The summed E-state index contributed by atoms with van der Waals surface area (Å²) in [6.45, 7) is 9.81. The molecule has 5 nitrogen and oxygen atoms in total. The van der Waals surface area contributed by atoms with Crippen molar-refractivity contribution in [3.63, 3.8) is 0 Å². The van der Waals surface area contributed by atoms with Crippen molar-refractivity contribution in [3.8, 4) is 0 Å². The molecule has 0 bridgehead atoms. The highest BCUT2D eigenvalue weighted by Gasteiger charge is 2.37. The van der Waals surface area contributed by atoms with Crippen LogP contribution in [0.4, 0.5) is 10.6 Å². The fourth-order valence-electron chi connectivity index (χ4n) is 2.80. The van der Waals surface area contributed by atoms with Crippen LogP contribution in [0.5, 0.6) is 0 Å². The number of hydrogen-bond acceptors (Lipinski definition) is 3. The molecule has 1 aliphatic heterocycles. The molecule has 0 aromatic carbocycles. The third-order valence-electron chi connectivity index (χ3n) is 3.72. The van der Waals surface area contributed by atoms with Gasteiger partial charge in [-0.25, -0.2) is 9.78 Å². The molecule has 0 unspecified atom stereocenters. The van der Waals surface area contributed by atoms with Gasteiger partial charge in [0.15, 0.2) is 0 Å². The Balaban J connectivity index is 1.84. The second-order valence-corrected chi connectivity index (χ2v) is 6.71. The van der Waals surface area contributed by atoms with Crippen LogP contribution in [0.2, 0.25) is 0 Å². The Labute approximate surface area is 126 Å². The first-order valence-electron chi connectivity index (χ1n) is 7.46. The number of carbonyl (C=O) groups excluding carboxylic acids is 1. The molecule has 0 aliphatic carbocycles. The van der Waals surface area contributed by atoms with E-state index in [1.54, 1.807) is 6.07 Å². The van der Waals surface area contributed by atoms with Crippen LogP contribution in [0.15, 0.2) is 18.2 Å². The van der Waals surface area contributed by atoms with Gasteiger partial charge in [0, 0.05) is 24.8 Å². The van der Waals surface area contributed by atoms with Crippen molar-refractivity contribution in [1.82, 2.24) is 10.3 Å². The molecule has 1 aromatic heterocycles. The number of aryl methyl sites for hydroxylation is 1. The number of urea groups is 1. The summed E-state index contributed by atoms with van der Waals surface area (Å²) in [6.07, 6.45) is 1.18. The van der Waals surface area contributed by atoms with Crippen molar-refractivity contribution in [2.45, 2.75) is 40.2 Å². The summed E-state index contributed by atoms with van der Waals surface area (Å²) < 4.78 is 5.81. The van der Waals surface area contributed by atoms with E-state index >= 15 is 0 Å². The van der Waals surface area contributed by atoms with Gasteiger partial charge in [0.2, 0.25) is 0 Å².